The number of rotatable bonds is 0. The monoisotopic (exact) mass is 565 g/mol. The van der Waals surface area contributed by atoms with Crippen LogP contribution in [0.15, 0.2) is 0 Å². The van der Waals surface area contributed by atoms with Gasteiger partial charge in [-0.25, -0.2) is 0 Å². The second kappa shape index (κ2) is 24.2. The molecule has 31 heavy (non-hydrogen) atoms. The molecule has 0 saturated carbocycles. The SMILES string of the molecule is CC1CCC[N-]C1.CC1CCC[N-]C1.CC1CCC[N-]C1.CC1CCC[N-]C1.[Cl][Rh][Cl]. The van der Waals surface area contributed by atoms with E-state index in [0.717, 1.165) is 76.0 Å². The van der Waals surface area contributed by atoms with Crippen molar-refractivity contribution in [3.05, 3.63) is 21.3 Å². The predicted molar refractivity (Wildman–Crippen MR) is 138 cm³/mol. The van der Waals surface area contributed by atoms with Crippen LogP contribution in [0, 0.1) is 23.7 Å². The minimum atomic E-state index is -0.226. The molecule has 0 aromatic carbocycles. The summed E-state index contributed by atoms with van der Waals surface area (Å²) in [6.45, 7) is 18.0. The molecule has 0 amide bonds. The van der Waals surface area contributed by atoms with E-state index in [1.54, 1.807) is 0 Å². The molecule has 0 N–H and O–H groups in total. The first-order valence-electron chi connectivity index (χ1n) is 12.4. The fraction of sp³-hybridized carbons (Fsp3) is 1.00. The van der Waals surface area contributed by atoms with Gasteiger partial charge >= 0.3 is 34.5 Å². The summed E-state index contributed by atoms with van der Waals surface area (Å²) >= 11 is -0.226. The first-order chi connectivity index (χ1) is 15.0. The summed E-state index contributed by atoms with van der Waals surface area (Å²) in [5.41, 5.74) is 0. The summed E-state index contributed by atoms with van der Waals surface area (Å²) in [6.07, 6.45) is 10.9. The van der Waals surface area contributed by atoms with Gasteiger partial charge < -0.3 is 21.3 Å². The van der Waals surface area contributed by atoms with E-state index in [1.165, 1.54) is 51.4 Å². The summed E-state index contributed by atoms with van der Waals surface area (Å²) in [7, 11) is 9.67. The van der Waals surface area contributed by atoms with Gasteiger partial charge in [0.25, 0.3) is 0 Å². The summed E-state index contributed by atoms with van der Waals surface area (Å²) < 4.78 is 0. The molecule has 4 saturated heterocycles. The van der Waals surface area contributed by atoms with Gasteiger partial charge in [-0.15, -0.1) is 52.4 Å². The van der Waals surface area contributed by atoms with E-state index in [0.29, 0.717) is 0 Å². The number of hydrogen-bond donors (Lipinski definition) is 0. The predicted octanol–water partition coefficient (Wildman–Crippen LogP) is 8.54. The second-order valence-corrected chi connectivity index (χ2v) is 12.0. The standard InChI is InChI=1S/4C6H12N.2ClH.Rh/c4*1-6-3-2-4-7-5-6;;;/h4*6H,2-5H2,1H3;2*1H;/q4*-1;;;+2/p-2. The van der Waals surface area contributed by atoms with Gasteiger partial charge in [0.05, 0.1) is 0 Å². The van der Waals surface area contributed by atoms with E-state index >= 15 is 0 Å². The van der Waals surface area contributed by atoms with Gasteiger partial charge in [-0.3, -0.25) is 0 Å². The Hall–Kier alpha value is 1.04. The van der Waals surface area contributed by atoms with E-state index in [2.05, 4.69) is 49.0 Å². The molecule has 191 valence electrons. The van der Waals surface area contributed by atoms with Crippen molar-refractivity contribution in [3.63, 3.8) is 0 Å². The summed E-state index contributed by atoms with van der Waals surface area (Å²) in [4.78, 5) is 0. The minimum absolute atomic E-state index is 0.226. The molecule has 4 aliphatic rings. The topological polar surface area (TPSA) is 56.4 Å². The van der Waals surface area contributed by atoms with Crippen molar-refractivity contribution in [2.75, 3.05) is 52.4 Å². The second-order valence-electron chi connectivity index (χ2n) is 9.56. The van der Waals surface area contributed by atoms with Crippen LogP contribution in [0.25, 0.3) is 21.3 Å². The average molecular weight is 566 g/mol. The summed E-state index contributed by atoms with van der Waals surface area (Å²) in [5, 5.41) is 17.0. The molecule has 4 atom stereocenters. The molecule has 0 aromatic rings. The Morgan fingerprint density at radius 3 is 0.742 bits per heavy atom. The van der Waals surface area contributed by atoms with Gasteiger partial charge in [-0.05, 0) is 0 Å². The van der Waals surface area contributed by atoms with Crippen molar-refractivity contribution in [1.82, 2.24) is 0 Å². The van der Waals surface area contributed by atoms with Crippen LogP contribution in [0.5, 0.6) is 0 Å². The van der Waals surface area contributed by atoms with Gasteiger partial charge in [-0.2, -0.15) is 0 Å². The maximum atomic E-state index is 4.83. The third-order valence-electron chi connectivity index (χ3n) is 5.82. The Kier molecular flexibility index (Phi) is 25.0. The van der Waals surface area contributed by atoms with Crippen LogP contribution in [0.3, 0.4) is 0 Å². The van der Waals surface area contributed by atoms with Crippen LogP contribution in [0.4, 0.5) is 0 Å². The van der Waals surface area contributed by atoms with Crippen LogP contribution >= 0.6 is 19.4 Å². The molecular weight excluding hydrogens is 518 g/mol. The van der Waals surface area contributed by atoms with Crippen LogP contribution < -0.4 is 0 Å². The molecule has 0 aromatic heterocycles. The Balaban J connectivity index is 0.000000371. The fourth-order valence-corrected chi connectivity index (χ4v) is 3.82. The zero-order valence-electron chi connectivity index (χ0n) is 20.5. The van der Waals surface area contributed by atoms with E-state index in [4.69, 9.17) is 19.4 Å². The maximum absolute atomic E-state index is 4.83. The Morgan fingerprint density at radius 1 is 0.484 bits per heavy atom. The molecule has 7 heteroatoms. The van der Waals surface area contributed by atoms with Crippen molar-refractivity contribution in [3.8, 4) is 0 Å². The Bertz CT molecular complexity index is 278. The van der Waals surface area contributed by atoms with Gasteiger partial charge in [0, 0.05) is 0 Å². The number of hydrogen-bond acceptors (Lipinski definition) is 0. The third-order valence-corrected chi connectivity index (χ3v) is 5.82. The normalized spacial score (nSPS) is 30.5. The third kappa shape index (κ3) is 24.0. The van der Waals surface area contributed by atoms with Gasteiger partial charge in [0.1, 0.15) is 0 Å². The molecule has 0 spiro atoms. The number of piperidine rings is 4. The molecule has 4 aliphatic heterocycles. The van der Waals surface area contributed by atoms with Crippen LogP contribution in [0.1, 0.15) is 79.1 Å². The summed E-state index contributed by atoms with van der Waals surface area (Å²) in [5.74, 6) is 3.48. The van der Waals surface area contributed by atoms with Crippen LogP contribution in [-0.2, 0) is 15.1 Å². The van der Waals surface area contributed by atoms with Crippen molar-refractivity contribution < 1.29 is 15.1 Å². The van der Waals surface area contributed by atoms with E-state index < -0.39 is 0 Å². The first-order valence-corrected chi connectivity index (χ1v) is 16.6. The molecular formula is C24H48Cl2N4Rh-4. The van der Waals surface area contributed by atoms with Crippen molar-refractivity contribution in [2.24, 2.45) is 23.7 Å². The molecule has 4 unspecified atom stereocenters. The van der Waals surface area contributed by atoms with Gasteiger partial charge in [0.2, 0.25) is 0 Å². The fourth-order valence-electron chi connectivity index (χ4n) is 3.82. The van der Waals surface area contributed by atoms with Crippen LogP contribution in [0.2, 0.25) is 0 Å². The zero-order valence-corrected chi connectivity index (χ0v) is 23.7. The molecule has 4 rings (SSSR count). The van der Waals surface area contributed by atoms with Crippen molar-refractivity contribution in [1.29, 1.82) is 0 Å². The molecule has 4 nitrogen and oxygen atoms in total. The molecule has 0 aliphatic carbocycles. The molecule has 0 bridgehead atoms. The van der Waals surface area contributed by atoms with Gasteiger partial charge in [-0.1, -0.05) is 103 Å². The van der Waals surface area contributed by atoms with Crippen molar-refractivity contribution in [2.45, 2.75) is 79.1 Å². The summed E-state index contributed by atoms with van der Waals surface area (Å²) in [6, 6.07) is 0. The number of nitrogens with zero attached hydrogens (tertiary/aromatic N) is 4. The van der Waals surface area contributed by atoms with Crippen LogP contribution in [-0.4, -0.2) is 52.4 Å². The van der Waals surface area contributed by atoms with E-state index in [9.17, 15) is 0 Å². The quantitative estimate of drug-likeness (QED) is 0.264. The van der Waals surface area contributed by atoms with E-state index in [1.807, 2.05) is 0 Å². The van der Waals surface area contributed by atoms with Gasteiger partial charge in [0.15, 0.2) is 0 Å². The molecule has 0 radical (unpaired) electrons. The molecule has 4 fully saturated rings. The molecule has 4 heterocycles. The zero-order chi connectivity index (χ0) is 23.2. The number of halogens is 2. The van der Waals surface area contributed by atoms with Crippen molar-refractivity contribution >= 4 is 19.4 Å². The average Bonchev–Trinajstić information content (AvgIpc) is 2.78. The Labute approximate surface area is 210 Å². The Morgan fingerprint density at radius 2 is 0.677 bits per heavy atom. The first kappa shape index (κ1) is 32.0. The van der Waals surface area contributed by atoms with E-state index in [-0.39, 0.29) is 15.1 Å².